The normalized spacial score (nSPS) is 20.5. The molecule has 1 aromatic carbocycles. The summed E-state index contributed by atoms with van der Waals surface area (Å²) in [6.45, 7) is 5.15. The van der Waals surface area contributed by atoms with Gasteiger partial charge in [-0.05, 0) is 38.5 Å². The highest BCUT2D eigenvalue weighted by Gasteiger charge is 2.49. The number of imide groups is 1. The van der Waals surface area contributed by atoms with Crippen molar-refractivity contribution in [1.82, 2.24) is 15.1 Å². The fraction of sp³-hybridized carbons (Fsp3) is 0.444. The van der Waals surface area contributed by atoms with Gasteiger partial charge in [-0.25, -0.2) is 9.18 Å². The Morgan fingerprint density at radius 3 is 2.54 bits per heavy atom. The van der Waals surface area contributed by atoms with E-state index in [1.807, 2.05) is 0 Å². The first-order valence-electron chi connectivity index (χ1n) is 8.30. The number of carbonyl (C=O) groups is 3. The van der Waals surface area contributed by atoms with E-state index >= 15 is 0 Å². The molecule has 1 aromatic rings. The van der Waals surface area contributed by atoms with Crippen LogP contribution in [0.15, 0.2) is 24.3 Å². The number of urea groups is 1. The first-order valence-corrected chi connectivity index (χ1v) is 8.30. The molecular weight excluding hydrogens is 339 g/mol. The van der Waals surface area contributed by atoms with Gasteiger partial charge in [-0.2, -0.15) is 5.26 Å². The smallest absolute Gasteiger partial charge is 0.325 e. The lowest BCUT2D eigenvalue weighted by Gasteiger charge is -2.25. The molecule has 138 valence electrons. The van der Waals surface area contributed by atoms with E-state index in [1.165, 1.54) is 36.1 Å². The molecule has 7 nitrogen and oxygen atoms in total. The molecule has 1 fully saturated rings. The minimum Gasteiger partial charge on any atom is -0.340 e. The molecule has 0 aromatic heterocycles. The summed E-state index contributed by atoms with van der Waals surface area (Å²) in [5.74, 6) is -1.80. The van der Waals surface area contributed by atoms with Gasteiger partial charge in [0, 0.05) is 13.1 Å². The zero-order chi connectivity index (χ0) is 19.5. The first kappa shape index (κ1) is 19.4. The van der Waals surface area contributed by atoms with Crippen molar-refractivity contribution in [3.8, 4) is 6.07 Å². The van der Waals surface area contributed by atoms with Gasteiger partial charge in [0.2, 0.25) is 5.91 Å². The summed E-state index contributed by atoms with van der Waals surface area (Å²) in [6.07, 6.45) is 0. The third-order valence-electron chi connectivity index (χ3n) is 4.44. The Bertz CT molecular complexity index is 759. The van der Waals surface area contributed by atoms with Gasteiger partial charge in [0.25, 0.3) is 5.91 Å². The maximum Gasteiger partial charge on any atom is 0.325 e. The van der Waals surface area contributed by atoms with E-state index in [4.69, 9.17) is 5.26 Å². The molecule has 0 saturated carbocycles. The van der Waals surface area contributed by atoms with Crippen molar-refractivity contribution in [3.63, 3.8) is 0 Å². The predicted molar refractivity (Wildman–Crippen MR) is 91.0 cm³/mol. The van der Waals surface area contributed by atoms with Crippen LogP contribution in [-0.4, -0.2) is 47.3 Å². The second-order valence-corrected chi connectivity index (χ2v) is 6.42. The Morgan fingerprint density at radius 1 is 1.38 bits per heavy atom. The fourth-order valence-electron chi connectivity index (χ4n) is 2.83. The molecule has 1 saturated heterocycles. The lowest BCUT2D eigenvalue weighted by molar-refractivity contribution is -0.139. The minimum absolute atomic E-state index is 0.227. The number of hydrogen-bond acceptors (Lipinski definition) is 4. The van der Waals surface area contributed by atoms with Gasteiger partial charge < -0.3 is 10.2 Å². The summed E-state index contributed by atoms with van der Waals surface area (Å²) >= 11 is 0. The standard InChI is InChI=1S/C18H21FN4O3/c1-4-22(10-12(2)9-20)15(24)11-23-16(25)18(3,21-17(23)26)13-5-7-14(19)8-6-13/h5-8,12H,4,10-11H2,1-3H3,(H,21,26). The van der Waals surface area contributed by atoms with Crippen LogP contribution < -0.4 is 5.32 Å². The number of nitrogens with one attached hydrogen (secondary N) is 1. The summed E-state index contributed by atoms with van der Waals surface area (Å²) < 4.78 is 13.1. The molecule has 0 aliphatic carbocycles. The highest BCUT2D eigenvalue weighted by Crippen LogP contribution is 2.28. The molecule has 0 radical (unpaired) electrons. The Hall–Kier alpha value is -2.95. The lowest BCUT2D eigenvalue weighted by Crippen LogP contribution is -2.45. The van der Waals surface area contributed by atoms with Crippen LogP contribution in [0.4, 0.5) is 9.18 Å². The topological polar surface area (TPSA) is 93.5 Å². The van der Waals surface area contributed by atoms with E-state index in [0.29, 0.717) is 12.1 Å². The van der Waals surface area contributed by atoms with Crippen LogP contribution in [0, 0.1) is 23.1 Å². The van der Waals surface area contributed by atoms with Crippen LogP contribution in [0.5, 0.6) is 0 Å². The molecule has 2 atom stereocenters. The monoisotopic (exact) mass is 360 g/mol. The van der Waals surface area contributed by atoms with Gasteiger partial charge in [0.15, 0.2) is 0 Å². The molecule has 1 N–H and O–H groups in total. The molecule has 0 bridgehead atoms. The molecule has 4 amide bonds. The predicted octanol–water partition coefficient (Wildman–Crippen LogP) is 1.60. The molecule has 1 aliphatic rings. The molecule has 26 heavy (non-hydrogen) atoms. The zero-order valence-corrected chi connectivity index (χ0v) is 15.0. The number of carbonyl (C=O) groups excluding carboxylic acids is 3. The lowest BCUT2D eigenvalue weighted by atomic mass is 9.92. The second kappa shape index (κ2) is 7.52. The average Bonchev–Trinajstić information content (AvgIpc) is 2.83. The van der Waals surface area contributed by atoms with Gasteiger partial charge >= 0.3 is 6.03 Å². The van der Waals surface area contributed by atoms with Crippen LogP contribution in [0.1, 0.15) is 26.3 Å². The Morgan fingerprint density at radius 2 is 2.00 bits per heavy atom. The van der Waals surface area contributed by atoms with Gasteiger partial charge in [0.05, 0.1) is 12.0 Å². The van der Waals surface area contributed by atoms with Gasteiger partial charge in [0.1, 0.15) is 17.9 Å². The molecular formula is C18H21FN4O3. The summed E-state index contributed by atoms with van der Waals surface area (Å²) in [4.78, 5) is 39.8. The van der Waals surface area contributed by atoms with Crippen LogP contribution >= 0.6 is 0 Å². The number of benzene rings is 1. The number of nitriles is 1. The number of hydrogen-bond donors (Lipinski definition) is 1. The number of likely N-dealkylation sites (N-methyl/N-ethyl adjacent to an activating group) is 1. The van der Waals surface area contributed by atoms with Crippen LogP contribution in [0.25, 0.3) is 0 Å². The largest absolute Gasteiger partial charge is 0.340 e. The average molecular weight is 360 g/mol. The quantitative estimate of drug-likeness (QED) is 0.780. The summed E-state index contributed by atoms with van der Waals surface area (Å²) in [6, 6.07) is 6.62. The molecule has 2 unspecified atom stereocenters. The maximum absolute atomic E-state index is 13.1. The summed E-state index contributed by atoms with van der Waals surface area (Å²) in [5.41, 5.74) is -0.931. The minimum atomic E-state index is -1.36. The van der Waals surface area contributed by atoms with Crippen LogP contribution in [-0.2, 0) is 15.1 Å². The van der Waals surface area contributed by atoms with Crippen molar-refractivity contribution < 1.29 is 18.8 Å². The number of rotatable bonds is 6. The van der Waals surface area contributed by atoms with E-state index in [2.05, 4.69) is 11.4 Å². The molecule has 8 heteroatoms. The van der Waals surface area contributed by atoms with E-state index in [-0.39, 0.29) is 12.5 Å². The third-order valence-corrected chi connectivity index (χ3v) is 4.44. The number of amides is 4. The molecule has 2 rings (SSSR count). The summed E-state index contributed by atoms with van der Waals surface area (Å²) in [5, 5.41) is 11.5. The van der Waals surface area contributed by atoms with E-state index in [1.54, 1.807) is 13.8 Å². The van der Waals surface area contributed by atoms with Crippen molar-refractivity contribution in [2.24, 2.45) is 5.92 Å². The van der Waals surface area contributed by atoms with Crippen molar-refractivity contribution in [2.75, 3.05) is 19.6 Å². The molecule has 1 heterocycles. The number of halogens is 1. The van der Waals surface area contributed by atoms with Crippen molar-refractivity contribution in [2.45, 2.75) is 26.3 Å². The third kappa shape index (κ3) is 3.67. The van der Waals surface area contributed by atoms with Crippen molar-refractivity contribution in [1.29, 1.82) is 5.26 Å². The van der Waals surface area contributed by atoms with E-state index < -0.39 is 35.7 Å². The van der Waals surface area contributed by atoms with Crippen LogP contribution in [0.2, 0.25) is 0 Å². The first-order chi connectivity index (χ1) is 12.2. The van der Waals surface area contributed by atoms with Crippen molar-refractivity contribution in [3.05, 3.63) is 35.6 Å². The van der Waals surface area contributed by atoms with Gasteiger partial charge in [-0.1, -0.05) is 12.1 Å². The SMILES string of the molecule is CCN(CC(C)C#N)C(=O)CN1C(=O)NC(C)(c2ccc(F)cc2)C1=O. The Balaban J connectivity index is 2.17. The van der Waals surface area contributed by atoms with Crippen molar-refractivity contribution >= 4 is 17.8 Å². The maximum atomic E-state index is 13.1. The Kier molecular flexibility index (Phi) is 5.60. The van der Waals surface area contributed by atoms with Gasteiger partial charge in [-0.3, -0.25) is 14.5 Å². The van der Waals surface area contributed by atoms with E-state index in [0.717, 1.165) is 4.90 Å². The molecule has 1 aliphatic heterocycles. The fourth-order valence-corrected chi connectivity index (χ4v) is 2.83. The highest BCUT2D eigenvalue weighted by molar-refractivity contribution is 6.09. The highest BCUT2D eigenvalue weighted by atomic mass is 19.1. The number of nitrogens with zero attached hydrogens (tertiary/aromatic N) is 3. The van der Waals surface area contributed by atoms with E-state index in [9.17, 15) is 18.8 Å². The zero-order valence-electron chi connectivity index (χ0n) is 15.0. The van der Waals surface area contributed by atoms with Crippen LogP contribution in [0.3, 0.4) is 0 Å². The van der Waals surface area contributed by atoms with Gasteiger partial charge in [-0.15, -0.1) is 0 Å². The molecule has 0 spiro atoms. The second-order valence-electron chi connectivity index (χ2n) is 6.42. The summed E-state index contributed by atoms with van der Waals surface area (Å²) in [7, 11) is 0. The Labute approximate surface area is 151 Å².